The van der Waals surface area contributed by atoms with Gasteiger partial charge in [0.1, 0.15) is 5.52 Å². The summed E-state index contributed by atoms with van der Waals surface area (Å²) in [6.45, 7) is 2.06. The molecule has 136 valence electrons. The fourth-order valence-electron chi connectivity index (χ4n) is 3.45. The molecule has 5 rings (SSSR count). The first-order chi connectivity index (χ1) is 13.8. The van der Waals surface area contributed by atoms with E-state index in [1.807, 2.05) is 36.4 Å². The molecule has 0 saturated heterocycles. The van der Waals surface area contributed by atoms with Gasteiger partial charge in [0, 0.05) is 18.6 Å². The van der Waals surface area contributed by atoms with E-state index in [1.54, 1.807) is 35.2 Å². The van der Waals surface area contributed by atoms with Crippen LogP contribution in [0.4, 0.5) is 0 Å². The minimum Gasteiger partial charge on any atom is -0.282 e. The first-order valence-electron chi connectivity index (χ1n) is 9.03. The van der Waals surface area contributed by atoms with Crippen molar-refractivity contribution in [2.75, 3.05) is 0 Å². The monoisotopic (exact) mass is 368 g/mol. The SMILES string of the molecule is CCc1nn2c(nnc3c(=O)n(-c4ccncc4)ccc32)c1-c1ccccc1. The topological polar surface area (TPSA) is 78.0 Å². The van der Waals surface area contributed by atoms with Crippen LogP contribution < -0.4 is 5.56 Å². The maximum Gasteiger partial charge on any atom is 0.285 e. The average molecular weight is 368 g/mol. The van der Waals surface area contributed by atoms with Crippen molar-refractivity contribution in [2.45, 2.75) is 13.3 Å². The van der Waals surface area contributed by atoms with Crippen molar-refractivity contribution in [3.05, 3.63) is 83.2 Å². The Kier molecular flexibility index (Phi) is 3.72. The summed E-state index contributed by atoms with van der Waals surface area (Å²) in [5.74, 6) is 0. The number of nitrogens with zero attached hydrogens (tertiary/aromatic N) is 6. The fraction of sp³-hybridized carbons (Fsp3) is 0.0952. The molecule has 4 aromatic heterocycles. The van der Waals surface area contributed by atoms with Gasteiger partial charge in [-0.15, -0.1) is 10.2 Å². The van der Waals surface area contributed by atoms with Gasteiger partial charge in [0.15, 0.2) is 11.2 Å². The Balaban J connectivity index is 1.81. The molecule has 0 aliphatic carbocycles. The molecule has 7 heteroatoms. The zero-order valence-corrected chi connectivity index (χ0v) is 15.1. The summed E-state index contributed by atoms with van der Waals surface area (Å²) in [4.78, 5) is 17.0. The van der Waals surface area contributed by atoms with Crippen LogP contribution >= 0.6 is 0 Å². The van der Waals surface area contributed by atoms with Crippen LogP contribution in [0.3, 0.4) is 0 Å². The van der Waals surface area contributed by atoms with Gasteiger partial charge in [-0.1, -0.05) is 37.3 Å². The lowest BCUT2D eigenvalue weighted by molar-refractivity contribution is 0.886. The van der Waals surface area contributed by atoms with Crippen molar-refractivity contribution in [1.29, 1.82) is 0 Å². The van der Waals surface area contributed by atoms with Gasteiger partial charge in [0.05, 0.1) is 16.9 Å². The number of hydrogen-bond acceptors (Lipinski definition) is 5. The third kappa shape index (κ3) is 2.40. The van der Waals surface area contributed by atoms with Crippen LogP contribution in [0, 0.1) is 0 Å². The lowest BCUT2D eigenvalue weighted by atomic mass is 10.0. The highest BCUT2D eigenvalue weighted by Crippen LogP contribution is 2.28. The Labute approximate surface area is 159 Å². The smallest absolute Gasteiger partial charge is 0.282 e. The third-order valence-corrected chi connectivity index (χ3v) is 4.79. The highest BCUT2D eigenvalue weighted by Gasteiger charge is 2.18. The van der Waals surface area contributed by atoms with E-state index in [2.05, 4.69) is 22.1 Å². The summed E-state index contributed by atoms with van der Waals surface area (Å²) in [5, 5.41) is 13.4. The van der Waals surface area contributed by atoms with Crippen molar-refractivity contribution in [3.8, 4) is 16.8 Å². The molecule has 0 aliphatic rings. The molecular weight excluding hydrogens is 352 g/mol. The van der Waals surface area contributed by atoms with E-state index < -0.39 is 0 Å². The minimum absolute atomic E-state index is 0.243. The zero-order chi connectivity index (χ0) is 19.1. The normalized spacial score (nSPS) is 11.3. The van der Waals surface area contributed by atoms with Crippen molar-refractivity contribution >= 4 is 16.7 Å². The van der Waals surface area contributed by atoms with Gasteiger partial charge < -0.3 is 0 Å². The van der Waals surface area contributed by atoms with E-state index in [0.717, 1.165) is 28.9 Å². The lowest BCUT2D eigenvalue weighted by Crippen LogP contribution is -2.20. The first kappa shape index (κ1) is 16.3. The molecule has 4 heterocycles. The Bertz CT molecular complexity index is 1360. The second-order valence-corrected chi connectivity index (χ2v) is 6.41. The van der Waals surface area contributed by atoms with Crippen LogP contribution in [0.2, 0.25) is 0 Å². The minimum atomic E-state index is -0.243. The van der Waals surface area contributed by atoms with Crippen LogP contribution in [-0.2, 0) is 6.42 Å². The Morgan fingerprint density at radius 3 is 2.50 bits per heavy atom. The average Bonchev–Trinajstić information content (AvgIpc) is 3.14. The van der Waals surface area contributed by atoms with Crippen LogP contribution in [0.15, 0.2) is 71.9 Å². The van der Waals surface area contributed by atoms with Crippen LogP contribution in [0.1, 0.15) is 12.6 Å². The molecule has 0 radical (unpaired) electrons. The predicted molar refractivity (Wildman–Crippen MR) is 106 cm³/mol. The molecule has 0 aliphatic heterocycles. The highest BCUT2D eigenvalue weighted by atomic mass is 16.1. The molecule has 5 aromatic rings. The van der Waals surface area contributed by atoms with E-state index in [4.69, 9.17) is 5.10 Å². The molecule has 0 bridgehead atoms. The van der Waals surface area contributed by atoms with E-state index in [9.17, 15) is 4.79 Å². The predicted octanol–water partition coefficient (Wildman–Crippen LogP) is 3.05. The van der Waals surface area contributed by atoms with E-state index in [1.165, 1.54) is 4.57 Å². The van der Waals surface area contributed by atoms with Gasteiger partial charge in [0.2, 0.25) is 0 Å². The van der Waals surface area contributed by atoms with E-state index >= 15 is 0 Å². The second kappa shape index (κ2) is 6.38. The highest BCUT2D eigenvalue weighted by molar-refractivity contribution is 5.84. The largest absolute Gasteiger partial charge is 0.285 e. The van der Waals surface area contributed by atoms with E-state index in [0.29, 0.717) is 11.2 Å². The maximum absolute atomic E-state index is 13.0. The number of aryl methyl sites for hydroxylation is 1. The van der Waals surface area contributed by atoms with Crippen molar-refractivity contribution in [3.63, 3.8) is 0 Å². The Morgan fingerprint density at radius 2 is 1.75 bits per heavy atom. The van der Waals surface area contributed by atoms with Gasteiger partial charge >= 0.3 is 0 Å². The lowest BCUT2D eigenvalue weighted by Gasteiger charge is -2.07. The van der Waals surface area contributed by atoms with Gasteiger partial charge in [-0.2, -0.15) is 5.10 Å². The Morgan fingerprint density at radius 1 is 0.964 bits per heavy atom. The maximum atomic E-state index is 13.0. The molecule has 0 spiro atoms. The van der Waals surface area contributed by atoms with Crippen molar-refractivity contribution < 1.29 is 0 Å². The molecule has 7 nitrogen and oxygen atoms in total. The summed E-state index contributed by atoms with van der Waals surface area (Å²) < 4.78 is 3.26. The van der Waals surface area contributed by atoms with E-state index in [-0.39, 0.29) is 11.1 Å². The third-order valence-electron chi connectivity index (χ3n) is 4.79. The fourth-order valence-corrected chi connectivity index (χ4v) is 3.45. The van der Waals surface area contributed by atoms with Crippen LogP contribution in [0.25, 0.3) is 33.5 Å². The molecule has 1 aromatic carbocycles. The van der Waals surface area contributed by atoms with Gasteiger partial charge in [-0.25, -0.2) is 4.52 Å². The first-order valence-corrected chi connectivity index (χ1v) is 9.03. The van der Waals surface area contributed by atoms with Crippen LogP contribution in [0.5, 0.6) is 0 Å². The second-order valence-electron chi connectivity index (χ2n) is 6.41. The molecule has 0 atom stereocenters. The summed E-state index contributed by atoms with van der Waals surface area (Å²) in [7, 11) is 0. The quantitative estimate of drug-likeness (QED) is 0.489. The summed E-state index contributed by atoms with van der Waals surface area (Å²) in [6, 6.07) is 15.4. The van der Waals surface area contributed by atoms with Crippen molar-refractivity contribution in [2.24, 2.45) is 0 Å². The van der Waals surface area contributed by atoms with Gasteiger partial charge in [-0.3, -0.25) is 14.3 Å². The molecular formula is C21H16N6O. The molecule has 0 fully saturated rings. The van der Waals surface area contributed by atoms with Crippen molar-refractivity contribution in [1.82, 2.24) is 29.4 Å². The summed E-state index contributed by atoms with van der Waals surface area (Å²) in [6.07, 6.45) is 5.78. The zero-order valence-electron chi connectivity index (χ0n) is 15.1. The van der Waals surface area contributed by atoms with Gasteiger partial charge in [0.25, 0.3) is 5.56 Å². The number of pyridine rings is 2. The molecule has 0 N–H and O–H groups in total. The number of benzene rings is 1. The number of hydrogen-bond donors (Lipinski definition) is 0. The molecule has 0 unspecified atom stereocenters. The number of fused-ring (bicyclic) bond motifs is 3. The number of aromatic nitrogens is 6. The molecule has 28 heavy (non-hydrogen) atoms. The number of rotatable bonds is 3. The Hall–Kier alpha value is -3.87. The van der Waals surface area contributed by atoms with Gasteiger partial charge in [-0.05, 0) is 30.2 Å². The standard InChI is InChI=1S/C21H16N6O/c1-2-16-18(14-6-4-3-5-7-14)20-24-23-19-17(27(20)25-16)10-13-26(21(19)28)15-8-11-22-12-9-15/h3-13H,2H2,1H3. The molecule has 0 amide bonds. The summed E-state index contributed by atoms with van der Waals surface area (Å²) in [5.41, 5.74) is 4.96. The molecule has 0 saturated carbocycles. The van der Waals surface area contributed by atoms with Crippen LogP contribution in [-0.4, -0.2) is 29.4 Å². The summed E-state index contributed by atoms with van der Waals surface area (Å²) >= 11 is 0.